The molecule has 3 nitrogen and oxygen atoms in total. The highest BCUT2D eigenvalue weighted by atomic mass is 79.9. The topological polar surface area (TPSA) is 48.8 Å². The zero-order chi connectivity index (χ0) is 9.14. The lowest BCUT2D eigenvalue weighted by molar-refractivity contribution is 1.17. The predicted molar refractivity (Wildman–Crippen MR) is 54.1 cm³/mol. The molecule has 0 saturated heterocycles. The van der Waals surface area contributed by atoms with E-state index in [9.17, 15) is 0 Å². The molecule has 1 rings (SSSR count). The molecule has 64 valence electrons. The number of aromatic nitrogens is 1. The van der Waals surface area contributed by atoms with Crippen molar-refractivity contribution in [1.29, 1.82) is 5.41 Å². The molecule has 0 fully saturated rings. The van der Waals surface area contributed by atoms with Gasteiger partial charge in [0.2, 0.25) is 0 Å². The third-order valence-corrected chi connectivity index (χ3v) is 2.17. The summed E-state index contributed by atoms with van der Waals surface area (Å²) in [5, 5.41) is 10.1. The molecule has 1 heterocycles. The highest BCUT2D eigenvalue weighted by Gasteiger charge is 2.04. The summed E-state index contributed by atoms with van der Waals surface area (Å²) in [6.45, 7) is 1.92. The third kappa shape index (κ3) is 1.64. The number of hydrogen-bond acceptors (Lipinski definition) is 3. The summed E-state index contributed by atoms with van der Waals surface area (Å²) in [5.74, 6) is 0.733. The van der Waals surface area contributed by atoms with Gasteiger partial charge in [0.05, 0.1) is 0 Å². The van der Waals surface area contributed by atoms with Crippen LogP contribution in [0.4, 0.5) is 5.82 Å². The van der Waals surface area contributed by atoms with Crippen LogP contribution < -0.4 is 5.32 Å². The van der Waals surface area contributed by atoms with Crippen LogP contribution in [-0.4, -0.2) is 18.2 Å². The van der Waals surface area contributed by atoms with Crippen molar-refractivity contribution in [3.05, 3.63) is 21.8 Å². The second kappa shape index (κ2) is 3.67. The van der Waals surface area contributed by atoms with Gasteiger partial charge in [-0.25, -0.2) is 4.98 Å². The largest absolute Gasteiger partial charge is 0.373 e. The average Bonchev–Trinajstić information content (AvgIpc) is 2.03. The summed E-state index contributed by atoms with van der Waals surface area (Å²) in [7, 11) is 1.79. The number of pyridine rings is 1. The molecular formula is C8H10BrN3. The number of rotatable bonds is 2. The molecular weight excluding hydrogens is 218 g/mol. The Hall–Kier alpha value is -0.900. The normalized spacial score (nSPS) is 9.58. The van der Waals surface area contributed by atoms with Gasteiger partial charge >= 0.3 is 0 Å². The van der Waals surface area contributed by atoms with Crippen molar-refractivity contribution >= 4 is 28.0 Å². The number of hydrogen-bond donors (Lipinski definition) is 2. The Bertz CT molecular complexity index is 309. The fourth-order valence-corrected chi connectivity index (χ4v) is 1.60. The highest BCUT2D eigenvalue weighted by Crippen LogP contribution is 2.21. The number of anilines is 1. The van der Waals surface area contributed by atoms with Crippen LogP contribution in [0.25, 0.3) is 0 Å². The van der Waals surface area contributed by atoms with Crippen LogP contribution in [0.3, 0.4) is 0 Å². The minimum atomic E-state index is 0.733. The van der Waals surface area contributed by atoms with E-state index in [1.807, 2.05) is 13.0 Å². The molecule has 0 aromatic carbocycles. The van der Waals surface area contributed by atoms with Gasteiger partial charge in [0.25, 0.3) is 0 Å². The Kier molecular flexibility index (Phi) is 2.81. The first-order valence-corrected chi connectivity index (χ1v) is 4.33. The molecule has 12 heavy (non-hydrogen) atoms. The van der Waals surface area contributed by atoms with Crippen molar-refractivity contribution < 1.29 is 0 Å². The van der Waals surface area contributed by atoms with Crippen LogP contribution in [0.2, 0.25) is 0 Å². The molecule has 0 spiro atoms. The zero-order valence-electron chi connectivity index (χ0n) is 6.98. The molecule has 0 amide bonds. The monoisotopic (exact) mass is 227 g/mol. The van der Waals surface area contributed by atoms with Crippen LogP contribution in [0, 0.1) is 12.3 Å². The summed E-state index contributed by atoms with van der Waals surface area (Å²) in [6.07, 6.45) is 1.28. The molecule has 0 atom stereocenters. The van der Waals surface area contributed by atoms with E-state index >= 15 is 0 Å². The Morgan fingerprint density at radius 1 is 1.67 bits per heavy atom. The van der Waals surface area contributed by atoms with Gasteiger partial charge in [-0.05, 0) is 28.9 Å². The second-order valence-electron chi connectivity index (χ2n) is 2.40. The highest BCUT2D eigenvalue weighted by molar-refractivity contribution is 9.10. The number of aryl methyl sites for hydroxylation is 1. The summed E-state index contributed by atoms with van der Waals surface area (Å²) < 4.78 is 0.898. The van der Waals surface area contributed by atoms with Gasteiger partial charge in [-0.15, -0.1) is 0 Å². The lowest BCUT2D eigenvalue weighted by atomic mass is 10.2. The molecule has 0 radical (unpaired) electrons. The fourth-order valence-electron chi connectivity index (χ4n) is 0.971. The van der Waals surface area contributed by atoms with Crippen molar-refractivity contribution in [2.24, 2.45) is 0 Å². The SMILES string of the molecule is CNc1nc(C)cc(Br)c1C=N. The Balaban J connectivity index is 3.33. The van der Waals surface area contributed by atoms with Crippen LogP contribution in [0.5, 0.6) is 0 Å². The standard InChI is InChI=1S/C8H10BrN3/c1-5-3-7(9)6(4-10)8(11-2)12-5/h3-4,10H,1-2H3,(H,11,12). The van der Waals surface area contributed by atoms with Gasteiger partial charge in [0.1, 0.15) is 5.82 Å². The van der Waals surface area contributed by atoms with E-state index in [-0.39, 0.29) is 0 Å². The minimum absolute atomic E-state index is 0.733. The zero-order valence-corrected chi connectivity index (χ0v) is 8.57. The quantitative estimate of drug-likeness (QED) is 0.762. The Morgan fingerprint density at radius 2 is 2.33 bits per heavy atom. The molecule has 0 saturated carbocycles. The van der Waals surface area contributed by atoms with E-state index in [1.54, 1.807) is 7.05 Å². The lowest BCUT2D eigenvalue weighted by Gasteiger charge is -2.06. The van der Waals surface area contributed by atoms with Crippen molar-refractivity contribution in [2.75, 3.05) is 12.4 Å². The number of halogens is 1. The van der Waals surface area contributed by atoms with E-state index in [0.29, 0.717) is 0 Å². The molecule has 2 N–H and O–H groups in total. The Labute approximate surface area is 79.8 Å². The van der Waals surface area contributed by atoms with Crippen LogP contribution in [0.15, 0.2) is 10.5 Å². The molecule has 0 aliphatic carbocycles. The first kappa shape index (κ1) is 9.19. The van der Waals surface area contributed by atoms with Gasteiger partial charge in [-0.1, -0.05) is 0 Å². The third-order valence-electron chi connectivity index (χ3n) is 1.52. The Morgan fingerprint density at radius 3 is 2.83 bits per heavy atom. The summed E-state index contributed by atoms with van der Waals surface area (Å²) >= 11 is 3.37. The summed E-state index contributed by atoms with van der Waals surface area (Å²) in [4.78, 5) is 4.23. The summed E-state index contributed by atoms with van der Waals surface area (Å²) in [5.41, 5.74) is 1.71. The van der Waals surface area contributed by atoms with E-state index in [1.165, 1.54) is 6.21 Å². The first-order chi connectivity index (χ1) is 5.69. The number of nitrogens with zero attached hydrogens (tertiary/aromatic N) is 1. The van der Waals surface area contributed by atoms with Crippen molar-refractivity contribution in [1.82, 2.24) is 4.98 Å². The fraction of sp³-hybridized carbons (Fsp3) is 0.250. The smallest absolute Gasteiger partial charge is 0.135 e. The van der Waals surface area contributed by atoms with Gasteiger partial charge in [0, 0.05) is 29.0 Å². The van der Waals surface area contributed by atoms with Crippen molar-refractivity contribution in [3.63, 3.8) is 0 Å². The van der Waals surface area contributed by atoms with Crippen molar-refractivity contribution in [3.8, 4) is 0 Å². The van der Waals surface area contributed by atoms with E-state index in [4.69, 9.17) is 5.41 Å². The maximum atomic E-state index is 7.16. The van der Waals surface area contributed by atoms with Gasteiger partial charge in [-0.2, -0.15) is 0 Å². The van der Waals surface area contributed by atoms with E-state index < -0.39 is 0 Å². The molecule has 1 aromatic rings. The maximum Gasteiger partial charge on any atom is 0.135 e. The predicted octanol–water partition coefficient (Wildman–Crippen LogP) is 2.19. The lowest BCUT2D eigenvalue weighted by Crippen LogP contribution is -2.00. The number of nitrogens with one attached hydrogen (secondary N) is 2. The first-order valence-electron chi connectivity index (χ1n) is 3.54. The maximum absolute atomic E-state index is 7.16. The van der Waals surface area contributed by atoms with Crippen molar-refractivity contribution in [2.45, 2.75) is 6.92 Å². The molecule has 4 heteroatoms. The minimum Gasteiger partial charge on any atom is -0.373 e. The molecule has 0 aliphatic rings. The van der Waals surface area contributed by atoms with Gasteiger partial charge < -0.3 is 10.7 Å². The van der Waals surface area contributed by atoms with Gasteiger partial charge in [0.15, 0.2) is 0 Å². The molecule has 1 aromatic heterocycles. The molecule has 0 aliphatic heterocycles. The van der Waals surface area contributed by atoms with E-state index in [2.05, 4.69) is 26.2 Å². The molecule has 0 unspecified atom stereocenters. The van der Waals surface area contributed by atoms with Crippen LogP contribution >= 0.6 is 15.9 Å². The van der Waals surface area contributed by atoms with Crippen LogP contribution in [0.1, 0.15) is 11.3 Å². The van der Waals surface area contributed by atoms with Crippen LogP contribution in [-0.2, 0) is 0 Å². The van der Waals surface area contributed by atoms with E-state index in [0.717, 1.165) is 21.5 Å². The summed E-state index contributed by atoms with van der Waals surface area (Å²) in [6, 6.07) is 1.89. The molecule has 0 bridgehead atoms. The second-order valence-corrected chi connectivity index (χ2v) is 3.26. The van der Waals surface area contributed by atoms with Gasteiger partial charge in [-0.3, -0.25) is 0 Å². The average molecular weight is 228 g/mol.